The fraction of sp³-hybridized carbons (Fsp3) is 1.00. The Kier molecular flexibility index (Phi) is 6.92. The van der Waals surface area contributed by atoms with Crippen LogP contribution in [-0.4, -0.2) is 21.4 Å². The van der Waals surface area contributed by atoms with E-state index in [0.717, 1.165) is 67.6 Å². The summed E-state index contributed by atoms with van der Waals surface area (Å²) in [5, 5.41) is 21.6. The first-order chi connectivity index (χ1) is 14.9. The highest BCUT2D eigenvalue weighted by atomic mass is 16.3. The van der Waals surface area contributed by atoms with Gasteiger partial charge in [-0.2, -0.15) is 0 Å². The molecule has 0 aromatic heterocycles. The second-order valence-electron chi connectivity index (χ2n) is 14.2. The molecule has 186 valence electrons. The van der Waals surface area contributed by atoms with E-state index in [1.165, 1.54) is 57.8 Å². The van der Waals surface area contributed by atoms with Crippen LogP contribution in [-0.2, 0) is 0 Å². The van der Waals surface area contributed by atoms with Gasteiger partial charge in [-0.25, -0.2) is 0 Å². The van der Waals surface area contributed by atoms with Crippen molar-refractivity contribution in [3.8, 4) is 0 Å². The van der Waals surface area contributed by atoms with Gasteiger partial charge >= 0.3 is 0 Å². The molecule has 4 saturated carbocycles. The van der Waals surface area contributed by atoms with Crippen molar-refractivity contribution in [2.75, 3.05) is 0 Å². The summed E-state index contributed by atoms with van der Waals surface area (Å²) < 4.78 is 0. The molecule has 0 aromatic carbocycles. The van der Waals surface area contributed by atoms with Crippen molar-refractivity contribution in [2.24, 2.45) is 46.3 Å². The van der Waals surface area contributed by atoms with Gasteiger partial charge in [0.05, 0.1) is 11.2 Å². The van der Waals surface area contributed by atoms with Gasteiger partial charge in [-0.1, -0.05) is 40.5 Å². The second-order valence-corrected chi connectivity index (χ2v) is 14.2. The summed E-state index contributed by atoms with van der Waals surface area (Å²) >= 11 is 0. The molecule has 0 amide bonds. The van der Waals surface area contributed by atoms with Gasteiger partial charge in [0.15, 0.2) is 0 Å². The molecule has 0 aromatic rings. The normalized spacial score (nSPS) is 48.9. The van der Waals surface area contributed by atoms with E-state index >= 15 is 0 Å². The molecule has 0 saturated heterocycles. The molecule has 0 spiro atoms. The molecule has 2 N–H and O–H groups in total. The summed E-state index contributed by atoms with van der Waals surface area (Å²) in [5.74, 6) is 5.02. The van der Waals surface area contributed by atoms with Crippen LogP contribution in [0.15, 0.2) is 0 Å². The van der Waals surface area contributed by atoms with E-state index in [1.807, 2.05) is 0 Å². The van der Waals surface area contributed by atoms with E-state index < -0.39 is 11.2 Å². The SMILES string of the molecule is CCCCC(C)(O)CC[C@@H](C)C1CC[C@H]2[C@@H]3CC[C@H]4C[C@@](C)(O)CC[C@]4(C)[C@H]3CC[C@]12C. The van der Waals surface area contributed by atoms with Crippen LogP contribution in [0.5, 0.6) is 0 Å². The summed E-state index contributed by atoms with van der Waals surface area (Å²) in [4.78, 5) is 0. The summed E-state index contributed by atoms with van der Waals surface area (Å²) in [6.45, 7) is 14.1. The quantitative estimate of drug-likeness (QED) is 0.419. The minimum atomic E-state index is -0.476. The van der Waals surface area contributed by atoms with Gasteiger partial charge in [0.25, 0.3) is 0 Å². The Hall–Kier alpha value is -0.0800. The molecule has 2 heteroatoms. The standard InChI is InChI=1S/C30H54O2/c1-7-8-15-27(3,31)16-13-21(2)24-11-12-25-23-10-9-22-20-28(4,32)18-19-29(22,5)26(23)14-17-30(24,25)6/h21-26,31-32H,7-20H2,1-6H3/t21-,22+,23+,24?,25+,26+,27?,28+,29+,30-/m1/s1. The molecule has 0 heterocycles. The van der Waals surface area contributed by atoms with Crippen molar-refractivity contribution in [3.05, 3.63) is 0 Å². The van der Waals surface area contributed by atoms with Crippen LogP contribution in [0.3, 0.4) is 0 Å². The summed E-state index contributed by atoms with van der Waals surface area (Å²) in [6, 6.07) is 0. The van der Waals surface area contributed by atoms with Crippen LogP contribution in [0.1, 0.15) is 131 Å². The first-order valence-corrected chi connectivity index (χ1v) is 14.4. The van der Waals surface area contributed by atoms with Crippen molar-refractivity contribution in [1.29, 1.82) is 0 Å². The molecule has 10 atom stereocenters. The van der Waals surface area contributed by atoms with E-state index in [1.54, 1.807) is 0 Å². The Morgan fingerprint density at radius 2 is 1.62 bits per heavy atom. The topological polar surface area (TPSA) is 40.5 Å². The van der Waals surface area contributed by atoms with Crippen LogP contribution in [0.4, 0.5) is 0 Å². The van der Waals surface area contributed by atoms with Gasteiger partial charge in [-0.3, -0.25) is 0 Å². The third kappa shape index (κ3) is 4.46. The number of fused-ring (bicyclic) bond motifs is 5. The Balaban J connectivity index is 1.43. The fourth-order valence-corrected chi connectivity index (χ4v) is 9.83. The average molecular weight is 447 g/mol. The smallest absolute Gasteiger partial charge is 0.0622 e. The van der Waals surface area contributed by atoms with E-state index in [2.05, 4.69) is 41.5 Å². The van der Waals surface area contributed by atoms with Gasteiger partial charge in [0.2, 0.25) is 0 Å². The van der Waals surface area contributed by atoms with E-state index in [0.29, 0.717) is 10.8 Å². The molecule has 0 aliphatic heterocycles. The zero-order valence-electron chi connectivity index (χ0n) is 22.3. The summed E-state index contributed by atoms with van der Waals surface area (Å²) in [6.07, 6.45) is 17.2. The maximum atomic E-state index is 10.8. The van der Waals surface area contributed by atoms with E-state index in [-0.39, 0.29) is 0 Å². The molecular formula is C30H54O2. The Bertz CT molecular complexity index is 653. The van der Waals surface area contributed by atoms with Gasteiger partial charge in [-0.05, 0) is 137 Å². The molecule has 2 unspecified atom stereocenters. The van der Waals surface area contributed by atoms with E-state index in [4.69, 9.17) is 0 Å². The zero-order valence-corrected chi connectivity index (χ0v) is 22.3. The Morgan fingerprint density at radius 3 is 2.34 bits per heavy atom. The minimum absolute atomic E-state index is 0.424. The number of hydrogen-bond acceptors (Lipinski definition) is 2. The highest BCUT2D eigenvalue weighted by Crippen LogP contribution is 2.68. The van der Waals surface area contributed by atoms with Crippen molar-refractivity contribution in [3.63, 3.8) is 0 Å². The third-order valence-corrected chi connectivity index (χ3v) is 11.9. The second kappa shape index (κ2) is 8.85. The molecular weight excluding hydrogens is 392 g/mol. The van der Waals surface area contributed by atoms with Crippen LogP contribution in [0, 0.1) is 46.3 Å². The number of hydrogen-bond donors (Lipinski definition) is 2. The number of rotatable bonds is 7. The monoisotopic (exact) mass is 446 g/mol. The van der Waals surface area contributed by atoms with Crippen LogP contribution < -0.4 is 0 Å². The highest BCUT2D eigenvalue weighted by Gasteiger charge is 2.61. The largest absolute Gasteiger partial charge is 0.390 e. The minimum Gasteiger partial charge on any atom is -0.390 e. The lowest BCUT2D eigenvalue weighted by atomic mass is 9.43. The average Bonchev–Trinajstić information content (AvgIpc) is 3.08. The zero-order chi connectivity index (χ0) is 23.4. The molecule has 0 radical (unpaired) electrons. The van der Waals surface area contributed by atoms with Crippen LogP contribution in [0.25, 0.3) is 0 Å². The predicted molar refractivity (Wildman–Crippen MR) is 134 cm³/mol. The third-order valence-electron chi connectivity index (χ3n) is 11.9. The van der Waals surface area contributed by atoms with Crippen LogP contribution >= 0.6 is 0 Å². The lowest BCUT2D eigenvalue weighted by Gasteiger charge is -2.62. The van der Waals surface area contributed by atoms with Crippen molar-refractivity contribution in [2.45, 2.75) is 143 Å². The van der Waals surface area contributed by atoms with Gasteiger partial charge in [0.1, 0.15) is 0 Å². The van der Waals surface area contributed by atoms with Crippen molar-refractivity contribution in [1.82, 2.24) is 0 Å². The lowest BCUT2D eigenvalue weighted by Crippen LogP contribution is -2.55. The van der Waals surface area contributed by atoms with Gasteiger partial charge < -0.3 is 10.2 Å². The number of unbranched alkanes of at least 4 members (excludes halogenated alkanes) is 1. The van der Waals surface area contributed by atoms with Gasteiger partial charge in [-0.15, -0.1) is 0 Å². The molecule has 4 fully saturated rings. The molecule has 0 bridgehead atoms. The fourth-order valence-electron chi connectivity index (χ4n) is 9.83. The molecule has 4 aliphatic carbocycles. The van der Waals surface area contributed by atoms with Crippen molar-refractivity contribution >= 4 is 0 Å². The maximum absolute atomic E-state index is 10.8. The predicted octanol–water partition coefficient (Wildman–Crippen LogP) is 7.75. The Labute approximate surface area is 199 Å². The molecule has 4 rings (SSSR count). The van der Waals surface area contributed by atoms with Crippen molar-refractivity contribution < 1.29 is 10.2 Å². The first kappa shape index (κ1) is 25.0. The lowest BCUT2D eigenvalue weighted by molar-refractivity contribution is -0.148. The Morgan fingerprint density at radius 1 is 0.906 bits per heavy atom. The summed E-state index contributed by atoms with van der Waals surface area (Å²) in [7, 11) is 0. The van der Waals surface area contributed by atoms with Crippen LogP contribution in [0.2, 0.25) is 0 Å². The number of aliphatic hydroxyl groups is 2. The van der Waals surface area contributed by atoms with E-state index in [9.17, 15) is 10.2 Å². The highest BCUT2D eigenvalue weighted by molar-refractivity contribution is 5.10. The molecule has 32 heavy (non-hydrogen) atoms. The summed E-state index contributed by atoms with van der Waals surface area (Å²) in [5.41, 5.74) is 0.0792. The molecule has 2 nitrogen and oxygen atoms in total. The van der Waals surface area contributed by atoms with Gasteiger partial charge in [0, 0.05) is 0 Å². The maximum Gasteiger partial charge on any atom is 0.0622 e. The first-order valence-electron chi connectivity index (χ1n) is 14.4. The molecule has 4 aliphatic rings.